The number of alkyl halides is 3. The van der Waals surface area contributed by atoms with Gasteiger partial charge in [0.05, 0.1) is 17.6 Å². The van der Waals surface area contributed by atoms with Crippen LogP contribution in [0.1, 0.15) is 39.2 Å². The van der Waals surface area contributed by atoms with Gasteiger partial charge in [-0.2, -0.15) is 13.2 Å². The van der Waals surface area contributed by atoms with Crippen LogP contribution in [0.15, 0.2) is 24.3 Å². The normalized spacial score (nSPS) is 22.2. The molecular formula is C19H24F3N3O3. The Bertz CT molecular complexity index is 744. The molecule has 3 aliphatic heterocycles. The minimum Gasteiger partial charge on any atom is -0.444 e. The molecule has 0 aliphatic carbocycles. The summed E-state index contributed by atoms with van der Waals surface area (Å²) in [5, 5.41) is 2.64. The predicted octanol–water partition coefficient (Wildman–Crippen LogP) is 4.32. The third-order valence-corrected chi connectivity index (χ3v) is 4.88. The number of ether oxygens (including phenoxy) is 1. The molecule has 0 spiro atoms. The number of benzene rings is 1. The molecule has 28 heavy (non-hydrogen) atoms. The van der Waals surface area contributed by atoms with E-state index in [4.69, 9.17) is 4.74 Å². The maximum absolute atomic E-state index is 12.6. The first-order valence-electron chi connectivity index (χ1n) is 9.18. The number of halogens is 3. The molecule has 9 heteroatoms. The molecule has 2 atom stereocenters. The summed E-state index contributed by atoms with van der Waals surface area (Å²) in [5.74, 6) is 0. The molecule has 4 rings (SSSR count). The fourth-order valence-corrected chi connectivity index (χ4v) is 3.56. The quantitative estimate of drug-likeness (QED) is 0.765. The molecule has 154 valence electrons. The van der Waals surface area contributed by atoms with Crippen LogP contribution < -0.4 is 5.32 Å². The summed E-state index contributed by atoms with van der Waals surface area (Å²) in [6.45, 7) is 6.17. The average molecular weight is 399 g/mol. The Balaban J connectivity index is 1.62. The molecule has 3 heterocycles. The fourth-order valence-electron chi connectivity index (χ4n) is 3.56. The molecule has 1 aromatic carbocycles. The maximum atomic E-state index is 12.6. The number of rotatable bonds is 1. The van der Waals surface area contributed by atoms with Crippen molar-refractivity contribution in [1.29, 1.82) is 0 Å². The number of piperazine rings is 1. The van der Waals surface area contributed by atoms with Gasteiger partial charge in [-0.25, -0.2) is 9.59 Å². The topological polar surface area (TPSA) is 61.9 Å². The van der Waals surface area contributed by atoms with Crippen molar-refractivity contribution >= 4 is 17.8 Å². The summed E-state index contributed by atoms with van der Waals surface area (Å²) in [4.78, 5) is 28.3. The van der Waals surface area contributed by atoms with Crippen molar-refractivity contribution in [2.24, 2.45) is 0 Å². The van der Waals surface area contributed by atoms with Crippen LogP contribution >= 0.6 is 0 Å². The molecule has 0 saturated carbocycles. The van der Waals surface area contributed by atoms with E-state index in [9.17, 15) is 22.8 Å². The van der Waals surface area contributed by atoms with Gasteiger partial charge in [0, 0.05) is 18.8 Å². The molecule has 2 unspecified atom stereocenters. The van der Waals surface area contributed by atoms with E-state index < -0.39 is 17.3 Å². The molecule has 6 nitrogen and oxygen atoms in total. The van der Waals surface area contributed by atoms with Crippen LogP contribution in [0.5, 0.6) is 0 Å². The minimum atomic E-state index is -4.42. The second-order valence-corrected chi connectivity index (χ2v) is 8.18. The zero-order valence-electron chi connectivity index (χ0n) is 16.0. The van der Waals surface area contributed by atoms with Gasteiger partial charge in [-0.3, -0.25) is 0 Å². The molecule has 0 aromatic heterocycles. The van der Waals surface area contributed by atoms with E-state index in [-0.39, 0.29) is 24.2 Å². The van der Waals surface area contributed by atoms with Gasteiger partial charge in [-0.05, 0) is 57.9 Å². The standard InChI is InChI=1S/C19H24F3N3O3/c1-18(2,3)28-17(27)25-11-14-8-9-15(25)10-24(14)16(26)23-13-6-4-12(5-7-13)19(20,21)22/h4-7,14-15H,8-11H2,1-3H3,(H,23,26). The Hall–Kier alpha value is -2.45. The van der Waals surface area contributed by atoms with E-state index in [0.717, 1.165) is 25.0 Å². The first-order valence-corrected chi connectivity index (χ1v) is 9.18. The van der Waals surface area contributed by atoms with E-state index in [1.807, 2.05) is 0 Å². The zero-order chi connectivity index (χ0) is 20.7. The van der Waals surface area contributed by atoms with Crippen LogP contribution in [-0.4, -0.2) is 52.7 Å². The van der Waals surface area contributed by atoms with E-state index in [1.54, 1.807) is 30.6 Å². The number of anilines is 1. The van der Waals surface area contributed by atoms with Crippen molar-refractivity contribution in [1.82, 2.24) is 9.80 Å². The molecule has 0 radical (unpaired) electrons. The van der Waals surface area contributed by atoms with E-state index in [2.05, 4.69) is 5.32 Å². The molecule has 2 bridgehead atoms. The average Bonchev–Trinajstić information content (AvgIpc) is 2.60. The van der Waals surface area contributed by atoms with Crippen LogP contribution in [-0.2, 0) is 10.9 Å². The van der Waals surface area contributed by atoms with Crippen molar-refractivity contribution in [3.8, 4) is 0 Å². The maximum Gasteiger partial charge on any atom is 0.416 e. The van der Waals surface area contributed by atoms with Gasteiger partial charge >= 0.3 is 18.3 Å². The number of carbonyl (C=O) groups excluding carboxylic acids is 2. The number of nitrogens with zero attached hydrogens (tertiary/aromatic N) is 2. The molecule has 1 aromatic rings. The third-order valence-electron chi connectivity index (χ3n) is 4.88. The van der Waals surface area contributed by atoms with Crippen LogP contribution in [0.2, 0.25) is 0 Å². The van der Waals surface area contributed by atoms with Gasteiger partial charge in [0.2, 0.25) is 0 Å². The smallest absolute Gasteiger partial charge is 0.416 e. The first kappa shape index (κ1) is 20.3. The number of urea groups is 1. The van der Waals surface area contributed by atoms with Crippen LogP contribution in [0.4, 0.5) is 28.4 Å². The summed E-state index contributed by atoms with van der Waals surface area (Å²) in [5.41, 5.74) is -1.06. The lowest BCUT2D eigenvalue weighted by Crippen LogP contribution is -2.66. The van der Waals surface area contributed by atoms with Crippen molar-refractivity contribution in [2.45, 2.75) is 57.5 Å². The Morgan fingerprint density at radius 2 is 1.54 bits per heavy atom. The van der Waals surface area contributed by atoms with Crippen LogP contribution in [0.25, 0.3) is 0 Å². The second-order valence-electron chi connectivity index (χ2n) is 8.18. The van der Waals surface area contributed by atoms with Crippen molar-refractivity contribution in [3.63, 3.8) is 0 Å². The number of piperidine rings is 2. The number of hydrogen-bond donors (Lipinski definition) is 1. The van der Waals surface area contributed by atoms with Gasteiger partial charge in [-0.15, -0.1) is 0 Å². The van der Waals surface area contributed by atoms with Gasteiger partial charge in [0.15, 0.2) is 0 Å². The lowest BCUT2D eigenvalue weighted by molar-refractivity contribution is -0.137. The number of amides is 3. The van der Waals surface area contributed by atoms with Gasteiger partial charge in [0.25, 0.3) is 0 Å². The summed E-state index contributed by atoms with van der Waals surface area (Å²) >= 11 is 0. The Kier molecular flexibility index (Phi) is 5.20. The number of carbonyl (C=O) groups is 2. The highest BCUT2D eigenvalue weighted by Crippen LogP contribution is 2.32. The first-order chi connectivity index (χ1) is 12.9. The van der Waals surface area contributed by atoms with E-state index in [0.29, 0.717) is 18.8 Å². The van der Waals surface area contributed by atoms with E-state index in [1.165, 1.54) is 12.1 Å². The van der Waals surface area contributed by atoms with Crippen LogP contribution in [0.3, 0.4) is 0 Å². The SMILES string of the molecule is CC(C)(C)OC(=O)N1CC2CCC1CN2C(=O)Nc1ccc(C(F)(F)F)cc1. The molecule has 3 saturated heterocycles. The summed E-state index contributed by atoms with van der Waals surface area (Å²) in [7, 11) is 0. The number of nitrogens with one attached hydrogen (secondary N) is 1. The molecule has 3 aliphatic rings. The fraction of sp³-hybridized carbons (Fsp3) is 0.579. The van der Waals surface area contributed by atoms with E-state index >= 15 is 0 Å². The highest BCUT2D eigenvalue weighted by molar-refractivity contribution is 5.90. The predicted molar refractivity (Wildman–Crippen MR) is 96.9 cm³/mol. The van der Waals surface area contributed by atoms with Gasteiger partial charge in [0.1, 0.15) is 5.60 Å². The highest BCUT2D eigenvalue weighted by Gasteiger charge is 2.44. The minimum absolute atomic E-state index is 0.127. The molecular weight excluding hydrogens is 375 g/mol. The summed E-state index contributed by atoms with van der Waals surface area (Å²) < 4.78 is 43.4. The molecule has 3 amide bonds. The second kappa shape index (κ2) is 7.18. The lowest BCUT2D eigenvalue weighted by atomic mass is 9.91. The summed E-state index contributed by atoms with van der Waals surface area (Å²) in [6.07, 6.45) is -3.25. The van der Waals surface area contributed by atoms with Crippen LogP contribution in [0, 0.1) is 0 Å². The number of fused-ring (bicyclic) bond motifs is 3. The Morgan fingerprint density at radius 1 is 1.00 bits per heavy atom. The molecule has 3 fully saturated rings. The van der Waals surface area contributed by atoms with Crippen molar-refractivity contribution < 1.29 is 27.5 Å². The van der Waals surface area contributed by atoms with Crippen molar-refractivity contribution in [3.05, 3.63) is 29.8 Å². The van der Waals surface area contributed by atoms with Crippen molar-refractivity contribution in [2.75, 3.05) is 18.4 Å². The highest BCUT2D eigenvalue weighted by atomic mass is 19.4. The van der Waals surface area contributed by atoms with Gasteiger partial charge < -0.3 is 19.9 Å². The number of hydrogen-bond acceptors (Lipinski definition) is 3. The Morgan fingerprint density at radius 3 is 2.00 bits per heavy atom. The van der Waals surface area contributed by atoms with Gasteiger partial charge in [-0.1, -0.05) is 0 Å². The summed E-state index contributed by atoms with van der Waals surface area (Å²) in [6, 6.07) is 3.68. The monoisotopic (exact) mass is 399 g/mol. The largest absolute Gasteiger partial charge is 0.444 e. The Labute approximate surface area is 161 Å². The lowest BCUT2D eigenvalue weighted by Gasteiger charge is -2.51. The zero-order valence-corrected chi connectivity index (χ0v) is 16.0. The molecule has 1 N–H and O–H groups in total. The third kappa shape index (κ3) is 4.51.